The van der Waals surface area contributed by atoms with Gasteiger partial charge in [-0.3, -0.25) is 4.79 Å². The molecule has 0 bridgehead atoms. The fraction of sp³-hybridized carbons (Fsp3) is 0.684. The highest BCUT2D eigenvalue weighted by molar-refractivity contribution is 7.09. The van der Waals surface area contributed by atoms with Gasteiger partial charge < -0.3 is 15.5 Å². The lowest BCUT2D eigenvalue weighted by Crippen LogP contribution is -2.38. The Bertz CT molecular complexity index is 657. The molecular weight excluding hydrogens is 368 g/mol. The minimum atomic E-state index is -0.00543. The molecular formula is C19H27ClN4OS. The first-order valence-electron chi connectivity index (χ1n) is 9.39. The molecule has 2 aliphatic heterocycles. The van der Waals surface area contributed by atoms with E-state index in [-0.39, 0.29) is 18.3 Å². The van der Waals surface area contributed by atoms with E-state index >= 15 is 0 Å². The molecule has 1 spiro atoms. The van der Waals surface area contributed by atoms with Crippen molar-refractivity contribution in [3.63, 3.8) is 0 Å². The summed E-state index contributed by atoms with van der Waals surface area (Å²) in [4.78, 5) is 19.3. The Kier molecular flexibility index (Phi) is 6.57. The van der Waals surface area contributed by atoms with Crippen LogP contribution in [0, 0.1) is 23.2 Å². The Balaban J connectivity index is 0.00000196. The number of thiazole rings is 1. The number of nitrogens with one attached hydrogen (secondary N) is 2. The standard InChI is InChI=1S/C19H26N4OS.ClH/c24-18(2-1-15-3-7-20-8-4-15)23(14-17-22-11-12-25-17)16-13-19(16)5-9-21-10-6-19;/h11-12,15-16,20-21H,3-10,13-14H2;1H. The summed E-state index contributed by atoms with van der Waals surface area (Å²) in [5.74, 6) is 6.58. The maximum absolute atomic E-state index is 12.9. The van der Waals surface area contributed by atoms with Crippen molar-refractivity contribution in [1.29, 1.82) is 0 Å². The number of piperidine rings is 2. The topological polar surface area (TPSA) is 57.3 Å². The zero-order valence-electron chi connectivity index (χ0n) is 15.0. The molecule has 2 saturated heterocycles. The minimum Gasteiger partial charge on any atom is -0.322 e. The number of hydrogen-bond acceptors (Lipinski definition) is 5. The van der Waals surface area contributed by atoms with Crippen molar-refractivity contribution >= 4 is 29.7 Å². The van der Waals surface area contributed by atoms with Crippen LogP contribution in [0.15, 0.2) is 11.6 Å². The maximum atomic E-state index is 12.9. The number of rotatable bonds is 3. The zero-order valence-corrected chi connectivity index (χ0v) is 16.6. The summed E-state index contributed by atoms with van der Waals surface area (Å²) >= 11 is 1.62. The second-order valence-corrected chi connectivity index (χ2v) is 8.46. The summed E-state index contributed by atoms with van der Waals surface area (Å²) < 4.78 is 0. The van der Waals surface area contributed by atoms with Crippen LogP contribution in [0.5, 0.6) is 0 Å². The molecule has 142 valence electrons. The summed E-state index contributed by atoms with van der Waals surface area (Å²) in [6.07, 6.45) is 7.37. The molecule has 5 nitrogen and oxygen atoms in total. The van der Waals surface area contributed by atoms with Crippen molar-refractivity contribution in [2.24, 2.45) is 11.3 Å². The Morgan fingerprint density at radius 3 is 2.69 bits per heavy atom. The summed E-state index contributed by atoms with van der Waals surface area (Å²) in [6, 6.07) is 0.341. The monoisotopic (exact) mass is 394 g/mol. The summed E-state index contributed by atoms with van der Waals surface area (Å²) in [7, 11) is 0. The molecule has 3 heterocycles. The molecule has 3 fully saturated rings. The van der Waals surface area contributed by atoms with Gasteiger partial charge in [-0.15, -0.1) is 23.7 Å². The predicted octanol–water partition coefficient (Wildman–Crippen LogP) is 2.04. The highest BCUT2D eigenvalue weighted by atomic mass is 35.5. The molecule has 1 atom stereocenters. The molecule has 1 unspecified atom stereocenters. The first-order valence-corrected chi connectivity index (χ1v) is 10.3. The predicted molar refractivity (Wildman–Crippen MR) is 106 cm³/mol. The third-order valence-corrected chi connectivity index (χ3v) is 6.66. The minimum absolute atomic E-state index is 0. The number of aromatic nitrogens is 1. The maximum Gasteiger partial charge on any atom is 0.299 e. The van der Waals surface area contributed by atoms with E-state index in [0.29, 0.717) is 23.9 Å². The molecule has 7 heteroatoms. The number of halogens is 1. The molecule has 1 aliphatic carbocycles. The van der Waals surface area contributed by atoms with Crippen molar-refractivity contribution in [1.82, 2.24) is 20.5 Å². The first kappa shape index (κ1) is 19.6. The molecule has 4 rings (SSSR count). The van der Waals surface area contributed by atoms with E-state index in [1.807, 2.05) is 16.5 Å². The van der Waals surface area contributed by atoms with E-state index in [2.05, 4.69) is 27.5 Å². The molecule has 0 aromatic carbocycles. The first-order chi connectivity index (χ1) is 12.3. The highest BCUT2D eigenvalue weighted by Crippen LogP contribution is 2.56. The summed E-state index contributed by atoms with van der Waals surface area (Å²) in [6.45, 7) is 4.76. The van der Waals surface area contributed by atoms with E-state index in [1.165, 1.54) is 12.8 Å². The lowest BCUT2D eigenvalue weighted by atomic mass is 9.93. The van der Waals surface area contributed by atoms with Crippen molar-refractivity contribution < 1.29 is 4.79 Å². The van der Waals surface area contributed by atoms with Gasteiger partial charge in [0.15, 0.2) is 0 Å². The summed E-state index contributed by atoms with van der Waals surface area (Å²) in [5, 5.41) is 9.77. The van der Waals surface area contributed by atoms with Crippen molar-refractivity contribution in [2.45, 2.75) is 44.7 Å². The van der Waals surface area contributed by atoms with Crippen molar-refractivity contribution in [3.8, 4) is 11.8 Å². The van der Waals surface area contributed by atoms with E-state index in [0.717, 1.165) is 50.4 Å². The molecule has 1 aromatic rings. The van der Waals surface area contributed by atoms with Crippen LogP contribution in [0.4, 0.5) is 0 Å². The van der Waals surface area contributed by atoms with Gasteiger partial charge in [0.1, 0.15) is 5.01 Å². The van der Waals surface area contributed by atoms with Gasteiger partial charge in [0.05, 0.1) is 6.54 Å². The Morgan fingerprint density at radius 1 is 1.27 bits per heavy atom. The fourth-order valence-electron chi connectivity index (χ4n) is 4.23. The van der Waals surface area contributed by atoms with Crippen molar-refractivity contribution in [2.75, 3.05) is 26.2 Å². The van der Waals surface area contributed by atoms with E-state index in [1.54, 1.807) is 11.3 Å². The fourth-order valence-corrected chi connectivity index (χ4v) is 4.85. The quantitative estimate of drug-likeness (QED) is 0.770. The van der Waals surface area contributed by atoms with Crippen molar-refractivity contribution in [3.05, 3.63) is 16.6 Å². The smallest absolute Gasteiger partial charge is 0.299 e. The van der Waals surface area contributed by atoms with Crippen LogP contribution in [0.3, 0.4) is 0 Å². The van der Waals surface area contributed by atoms with Gasteiger partial charge in [0.2, 0.25) is 0 Å². The average molecular weight is 395 g/mol. The van der Waals surface area contributed by atoms with Gasteiger partial charge >= 0.3 is 0 Å². The van der Waals surface area contributed by atoms with E-state index < -0.39 is 0 Å². The van der Waals surface area contributed by atoms with Crippen LogP contribution in [0.1, 0.15) is 37.1 Å². The van der Waals surface area contributed by atoms with E-state index in [9.17, 15) is 4.79 Å². The van der Waals surface area contributed by atoms with Gasteiger partial charge in [-0.1, -0.05) is 5.92 Å². The molecule has 1 amide bonds. The van der Waals surface area contributed by atoms with Gasteiger partial charge in [0, 0.05) is 23.5 Å². The molecule has 3 aliphatic rings. The number of nitrogens with zero attached hydrogens (tertiary/aromatic N) is 2. The van der Waals surface area contributed by atoms with Gasteiger partial charge in [0.25, 0.3) is 5.91 Å². The van der Waals surface area contributed by atoms with Crippen LogP contribution >= 0.6 is 23.7 Å². The van der Waals surface area contributed by atoms with Crippen LogP contribution in [0.25, 0.3) is 0 Å². The molecule has 1 aromatic heterocycles. The second-order valence-electron chi connectivity index (χ2n) is 7.48. The largest absolute Gasteiger partial charge is 0.322 e. The lowest BCUT2D eigenvalue weighted by Gasteiger charge is -2.28. The average Bonchev–Trinajstić information content (AvgIpc) is 3.08. The van der Waals surface area contributed by atoms with Crippen LogP contribution < -0.4 is 10.6 Å². The van der Waals surface area contributed by atoms with Gasteiger partial charge in [-0.25, -0.2) is 4.98 Å². The van der Waals surface area contributed by atoms with E-state index in [4.69, 9.17) is 0 Å². The third-order valence-electron chi connectivity index (χ3n) is 5.89. The van der Waals surface area contributed by atoms with Gasteiger partial charge in [-0.05, 0) is 69.6 Å². The number of amides is 1. The number of carbonyl (C=O) groups is 1. The Morgan fingerprint density at radius 2 is 2.00 bits per heavy atom. The normalized spacial score (nSPS) is 24.2. The number of hydrogen-bond donors (Lipinski definition) is 2. The molecule has 26 heavy (non-hydrogen) atoms. The Labute approximate surface area is 165 Å². The van der Waals surface area contributed by atoms with Crippen LogP contribution in [-0.4, -0.2) is 48.0 Å². The van der Waals surface area contributed by atoms with Gasteiger partial charge in [-0.2, -0.15) is 0 Å². The zero-order chi connectivity index (χ0) is 17.1. The third kappa shape index (κ3) is 4.40. The van der Waals surface area contributed by atoms with Crippen LogP contribution in [-0.2, 0) is 11.3 Å². The second kappa shape index (κ2) is 8.71. The molecule has 2 N–H and O–H groups in total. The SMILES string of the molecule is Cl.O=C(C#CC1CCNCC1)N(Cc1nccs1)C1CC12CCNCC2. The Hall–Kier alpha value is -1.13. The molecule has 1 saturated carbocycles. The lowest BCUT2D eigenvalue weighted by molar-refractivity contribution is -0.127. The highest BCUT2D eigenvalue weighted by Gasteiger charge is 2.57. The summed E-state index contributed by atoms with van der Waals surface area (Å²) in [5.41, 5.74) is 0.328. The van der Waals surface area contributed by atoms with Crippen LogP contribution in [0.2, 0.25) is 0 Å². The number of carbonyl (C=O) groups excluding carboxylic acids is 1. The molecule has 0 radical (unpaired) electrons.